The summed E-state index contributed by atoms with van der Waals surface area (Å²) in [5, 5.41) is 0.580. The lowest BCUT2D eigenvalue weighted by Gasteiger charge is -1.97. The molecule has 0 radical (unpaired) electrons. The number of alkyl halides is 1. The molecule has 0 aliphatic rings. The molecule has 0 aromatic rings. The molecule has 0 fully saturated rings. The summed E-state index contributed by atoms with van der Waals surface area (Å²) in [4.78, 5) is 7.46. The number of hydrogen-bond donors (Lipinski definition) is 0. The largest absolute Gasteiger partial charge is 0.264 e. The van der Waals surface area contributed by atoms with Gasteiger partial charge >= 0.3 is 0 Å². The molecule has 0 bridgehead atoms. The fraction of sp³-hybridized carbons (Fsp3) is 0.273. The minimum atomic E-state index is -0.727. The quantitative estimate of drug-likeness (QED) is 0.331. The topological polar surface area (TPSA) is 24.7 Å². The molecule has 0 aromatic heterocycles. The lowest BCUT2D eigenvalue weighted by atomic mass is 10.3. The molecule has 17 heavy (non-hydrogen) atoms. The van der Waals surface area contributed by atoms with Crippen LogP contribution in [-0.4, -0.2) is 29.5 Å². The van der Waals surface area contributed by atoms with Gasteiger partial charge in [0, 0.05) is 19.3 Å². The molecule has 0 aliphatic carbocycles. The molecule has 0 amide bonds. The number of thioether (sulfide) groups is 1. The maximum atomic E-state index is 13.1. The molecular formula is C11H13BrF2N2S. The van der Waals surface area contributed by atoms with E-state index in [-0.39, 0.29) is 0 Å². The summed E-state index contributed by atoms with van der Waals surface area (Å²) in [5.41, 5.74) is 0. The first-order valence-corrected chi connectivity index (χ1v) is 6.73. The highest BCUT2D eigenvalue weighted by Crippen LogP contribution is 2.11. The first-order chi connectivity index (χ1) is 8.03. The van der Waals surface area contributed by atoms with Gasteiger partial charge in [0.05, 0.1) is 4.83 Å². The smallest absolute Gasteiger partial charge is 0.182 e. The fourth-order valence-electron chi connectivity index (χ4n) is 0.771. The molecule has 2 nitrogen and oxygen atoms in total. The van der Waals surface area contributed by atoms with Gasteiger partial charge in [0.2, 0.25) is 0 Å². The number of halogens is 3. The van der Waals surface area contributed by atoms with E-state index in [4.69, 9.17) is 0 Å². The fourth-order valence-corrected chi connectivity index (χ4v) is 1.49. The van der Waals surface area contributed by atoms with Crippen molar-refractivity contribution < 1.29 is 8.78 Å². The van der Waals surface area contributed by atoms with E-state index in [0.717, 1.165) is 12.2 Å². The van der Waals surface area contributed by atoms with E-state index in [1.807, 2.05) is 6.26 Å². The molecule has 94 valence electrons. The van der Waals surface area contributed by atoms with Gasteiger partial charge in [-0.15, -0.1) is 0 Å². The van der Waals surface area contributed by atoms with Crippen molar-refractivity contribution in [2.24, 2.45) is 9.98 Å². The van der Waals surface area contributed by atoms with Crippen LogP contribution in [0.2, 0.25) is 0 Å². The summed E-state index contributed by atoms with van der Waals surface area (Å²) < 4.78 is 25.8. The van der Waals surface area contributed by atoms with Gasteiger partial charge < -0.3 is 0 Å². The molecule has 0 N–H and O–H groups in total. The lowest BCUT2D eigenvalue weighted by Crippen LogP contribution is -1.97. The predicted octanol–water partition coefficient (Wildman–Crippen LogP) is 4.06. The van der Waals surface area contributed by atoms with Crippen molar-refractivity contribution in [3.63, 3.8) is 0 Å². The van der Waals surface area contributed by atoms with Crippen LogP contribution in [0.1, 0.15) is 0 Å². The Morgan fingerprint density at radius 3 is 2.53 bits per heavy atom. The molecule has 0 heterocycles. The summed E-state index contributed by atoms with van der Waals surface area (Å²) in [7, 11) is 1.62. The van der Waals surface area contributed by atoms with Crippen LogP contribution >= 0.6 is 27.7 Å². The molecular weight excluding hydrogens is 310 g/mol. The van der Waals surface area contributed by atoms with Gasteiger partial charge in [-0.1, -0.05) is 34.3 Å². The molecule has 0 aliphatic heterocycles. The van der Waals surface area contributed by atoms with Gasteiger partial charge in [0.1, 0.15) is 11.7 Å². The van der Waals surface area contributed by atoms with Crippen molar-refractivity contribution in [2.75, 3.05) is 13.3 Å². The summed E-state index contributed by atoms with van der Waals surface area (Å²) in [5.74, 6) is -1.43. The highest BCUT2D eigenvalue weighted by molar-refractivity contribution is 9.10. The average Bonchev–Trinajstić information content (AvgIpc) is 2.29. The second kappa shape index (κ2) is 9.30. The first kappa shape index (κ1) is 16.2. The Labute approximate surface area is 112 Å². The SMILES string of the molecule is C=C/C(F)=C\C(F)=C/C(Br)C=NC(=NC)SC. The van der Waals surface area contributed by atoms with Gasteiger partial charge in [-0.3, -0.25) is 4.99 Å². The van der Waals surface area contributed by atoms with Crippen molar-refractivity contribution in [2.45, 2.75) is 4.83 Å². The second-order valence-electron chi connectivity index (χ2n) is 2.72. The van der Waals surface area contributed by atoms with Crippen LogP contribution in [0.3, 0.4) is 0 Å². The van der Waals surface area contributed by atoms with Crippen LogP contribution in [0.15, 0.2) is 46.4 Å². The molecule has 0 spiro atoms. The predicted molar refractivity (Wildman–Crippen MR) is 76.7 cm³/mol. The number of allylic oxidation sites excluding steroid dienone is 5. The zero-order chi connectivity index (χ0) is 13.3. The lowest BCUT2D eigenvalue weighted by molar-refractivity contribution is 0.630. The van der Waals surface area contributed by atoms with E-state index in [2.05, 4.69) is 32.5 Å². The number of rotatable bonds is 4. The molecule has 0 saturated carbocycles. The Hall–Kier alpha value is -0.750. The van der Waals surface area contributed by atoms with Crippen LogP contribution in [-0.2, 0) is 0 Å². The van der Waals surface area contributed by atoms with Gasteiger partial charge in [0.25, 0.3) is 0 Å². The van der Waals surface area contributed by atoms with Crippen LogP contribution in [0.4, 0.5) is 8.78 Å². The molecule has 1 atom stereocenters. The molecule has 1 unspecified atom stereocenters. The summed E-state index contributed by atoms with van der Waals surface area (Å²) in [6.07, 6.45) is 6.17. The number of aliphatic imine (C=N–C) groups is 2. The van der Waals surface area contributed by atoms with Crippen molar-refractivity contribution in [1.29, 1.82) is 0 Å². The minimum absolute atomic E-state index is 0.430. The summed E-state index contributed by atoms with van der Waals surface area (Å²) in [6.45, 7) is 3.18. The summed E-state index contributed by atoms with van der Waals surface area (Å²) >= 11 is 4.55. The van der Waals surface area contributed by atoms with Gasteiger partial charge in [0.15, 0.2) is 5.17 Å². The Bertz CT molecular complexity index is 376. The maximum Gasteiger partial charge on any atom is 0.182 e. The zero-order valence-corrected chi connectivity index (χ0v) is 11.9. The minimum Gasteiger partial charge on any atom is -0.264 e. The highest BCUT2D eigenvalue weighted by Gasteiger charge is 2.00. The zero-order valence-electron chi connectivity index (χ0n) is 9.53. The van der Waals surface area contributed by atoms with E-state index in [1.165, 1.54) is 24.1 Å². The van der Waals surface area contributed by atoms with E-state index in [0.29, 0.717) is 5.17 Å². The summed E-state index contributed by atoms with van der Waals surface area (Å²) in [6, 6.07) is 0. The third kappa shape index (κ3) is 8.04. The second-order valence-corrected chi connectivity index (χ2v) is 4.55. The van der Waals surface area contributed by atoms with E-state index in [1.54, 1.807) is 7.05 Å². The molecule has 6 heteroatoms. The van der Waals surface area contributed by atoms with Crippen LogP contribution in [0, 0.1) is 0 Å². The Kier molecular flexibility index (Phi) is 8.89. The Balaban J connectivity index is 4.59. The normalized spacial score (nSPS) is 16.4. The van der Waals surface area contributed by atoms with Gasteiger partial charge in [-0.05, 0) is 18.4 Å². The maximum absolute atomic E-state index is 13.1. The monoisotopic (exact) mass is 322 g/mol. The third-order valence-corrected chi connectivity index (χ3v) is 2.64. The third-order valence-electron chi connectivity index (χ3n) is 1.49. The first-order valence-electron chi connectivity index (χ1n) is 4.59. The van der Waals surface area contributed by atoms with Crippen LogP contribution in [0.25, 0.3) is 0 Å². The van der Waals surface area contributed by atoms with Crippen molar-refractivity contribution in [1.82, 2.24) is 0 Å². The standard InChI is InChI=1S/C11H13BrF2N2S/c1-4-9(13)6-10(14)5-8(12)7-16-11(15-2)17-3/h4-8H,1H2,2-3H3/b9-6+,10-5+,15-11?,16-7?. The van der Waals surface area contributed by atoms with Gasteiger partial charge in [-0.2, -0.15) is 0 Å². The molecule has 0 rings (SSSR count). The number of nitrogens with zero attached hydrogens (tertiary/aromatic N) is 2. The van der Waals surface area contributed by atoms with Crippen LogP contribution < -0.4 is 0 Å². The van der Waals surface area contributed by atoms with Crippen LogP contribution in [0.5, 0.6) is 0 Å². The Morgan fingerprint density at radius 1 is 1.41 bits per heavy atom. The van der Waals surface area contributed by atoms with Gasteiger partial charge in [-0.25, -0.2) is 13.8 Å². The van der Waals surface area contributed by atoms with E-state index < -0.39 is 16.5 Å². The number of amidine groups is 1. The highest BCUT2D eigenvalue weighted by atomic mass is 79.9. The number of hydrogen-bond acceptors (Lipinski definition) is 2. The average molecular weight is 323 g/mol. The van der Waals surface area contributed by atoms with E-state index in [9.17, 15) is 8.78 Å². The van der Waals surface area contributed by atoms with Crippen molar-refractivity contribution >= 4 is 39.1 Å². The Morgan fingerprint density at radius 2 is 2.06 bits per heavy atom. The van der Waals surface area contributed by atoms with Crippen molar-refractivity contribution in [3.05, 3.63) is 36.5 Å². The molecule has 0 saturated heterocycles. The van der Waals surface area contributed by atoms with Crippen molar-refractivity contribution in [3.8, 4) is 0 Å². The van der Waals surface area contributed by atoms with E-state index >= 15 is 0 Å². The molecule has 0 aromatic carbocycles.